The molecule has 0 radical (unpaired) electrons. The smallest absolute Gasteiger partial charge is 0.192 e. The number of hydrogen-bond donors (Lipinski definition) is 1. The summed E-state index contributed by atoms with van der Waals surface area (Å²) in [4.78, 5) is 12.5. The maximum atomic E-state index is 16.1. The van der Waals surface area contributed by atoms with Gasteiger partial charge in [-0.3, -0.25) is 4.57 Å². The van der Waals surface area contributed by atoms with Crippen LogP contribution in [0, 0.1) is 0 Å². The van der Waals surface area contributed by atoms with Gasteiger partial charge in [0.2, 0.25) is 0 Å². The van der Waals surface area contributed by atoms with E-state index in [1.54, 1.807) is 4.57 Å². The molecule has 0 saturated carbocycles. The Balaban J connectivity index is 1.94. The quantitative estimate of drug-likeness (QED) is 0.557. The molecule has 0 bridgehead atoms. The average molecular weight is 498 g/mol. The highest BCUT2D eigenvalue weighted by Crippen LogP contribution is 2.43. The largest absolute Gasteiger partial charge is 0.414 e. The molecule has 0 spiro atoms. The van der Waals surface area contributed by atoms with Crippen molar-refractivity contribution in [2.75, 3.05) is 12.3 Å². The molecule has 3 heterocycles. The predicted molar refractivity (Wildman–Crippen MR) is 134 cm³/mol. The number of nitrogens with zero attached hydrogens (tertiary/aromatic N) is 4. The summed E-state index contributed by atoms with van der Waals surface area (Å²) in [6.45, 7) is 21.9. The van der Waals surface area contributed by atoms with Crippen LogP contribution in [0.1, 0.15) is 47.8 Å². The molecule has 0 aromatic carbocycles. The number of hydrogen-bond acceptors (Lipinski definition) is 7. The van der Waals surface area contributed by atoms with Gasteiger partial charge in [-0.1, -0.05) is 41.5 Å². The van der Waals surface area contributed by atoms with Gasteiger partial charge in [-0.2, -0.15) is 0 Å². The monoisotopic (exact) mass is 497 g/mol. The van der Waals surface area contributed by atoms with Crippen LogP contribution in [-0.2, 0) is 13.6 Å². The van der Waals surface area contributed by atoms with Crippen molar-refractivity contribution in [3.8, 4) is 0 Å². The lowest BCUT2D eigenvalue weighted by Crippen LogP contribution is -2.50. The SMILES string of the molecule is CC(C)(C)[Si](C)(C)OC[C@H]1O[C@@H](n2cnc3c(N)ncnc32)[C@H](F)[C@@H]1O[Si](C)(C)C(C)(C)C. The minimum Gasteiger partial charge on any atom is -0.414 e. The van der Waals surface area contributed by atoms with Gasteiger partial charge in [-0.05, 0) is 36.3 Å². The fraction of sp³-hybridized carbons (Fsp3) is 0.773. The summed E-state index contributed by atoms with van der Waals surface area (Å²) >= 11 is 0. The van der Waals surface area contributed by atoms with E-state index in [1.165, 1.54) is 12.7 Å². The molecule has 11 heteroatoms. The van der Waals surface area contributed by atoms with Crippen LogP contribution in [0.5, 0.6) is 0 Å². The first kappa shape index (κ1) is 26.2. The van der Waals surface area contributed by atoms with Crippen LogP contribution >= 0.6 is 0 Å². The molecule has 186 valence electrons. The predicted octanol–water partition coefficient (Wildman–Crippen LogP) is 5.06. The summed E-state index contributed by atoms with van der Waals surface area (Å²) in [5.74, 6) is 0.249. The van der Waals surface area contributed by atoms with Crippen LogP contribution in [-0.4, -0.2) is 61.1 Å². The standard InChI is InChI=1S/C22H40FN5O3Si2/c1-21(2,3)32(7,8)29-11-14-17(31-33(9,10)22(4,5)6)15(23)20(30-14)28-13-27-16-18(24)25-12-26-19(16)28/h12-15,17,20H,11H2,1-10H3,(H2,24,25,26)/t14-,15-,17-,20-/m1/s1. The number of rotatable bonds is 6. The van der Waals surface area contributed by atoms with Crippen LogP contribution in [0.4, 0.5) is 10.2 Å². The first-order chi connectivity index (χ1) is 15.0. The van der Waals surface area contributed by atoms with E-state index in [-0.39, 0.29) is 22.5 Å². The second-order valence-corrected chi connectivity index (χ2v) is 21.6. The number of nitrogens with two attached hydrogens (primary N) is 1. The van der Waals surface area contributed by atoms with Crippen molar-refractivity contribution in [3.05, 3.63) is 12.7 Å². The summed E-state index contributed by atoms with van der Waals surface area (Å²) in [6.07, 6.45) is -0.803. The maximum Gasteiger partial charge on any atom is 0.192 e. The number of nitrogen functional groups attached to an aromatic ring is 1. The van der Waals surface area contributed by atoms with Crippen LogP contribution < -0.4 is 5.73 Å². The fourth-order valence-corrected chi connectivity index (χ4v) is 5.60. The molecule has 0 aliphatic carbocycles. The number of imidazole rings is 1. The van der Waals surface area contributed by atoms with Gasteiger partial charge in [0.15, 0.2) is 40.5 Å². The Morgan fingerprint density at radius 2 is 1.64 bits per heavy atom. The second-order valence-electron chi connectivity index (χ2n) is 12.0. The van der Waals surface area contributed by atoms with Crippen molar-refractivity contribution in [2.45, 2.75) is 102 Å². The molecule has 0 amide bonds. The summed E-state index contributed by atoms with van der Waals surface area (Å²) in [5.41, 5.74) is 6.79. The highest BCUT2D eigenvalue weighted by atomic mass is 28.4. The van der Waals surface area contributed by atoms with Crippen molar-refractivity contribution in [3.63, 3.8) is 0 Å². The molecule has 1 saturated heterocycles. The Morgan fingerprint density at radius 3 is 2.21 bits per heavy atom. The first-order valence-electron chi connectivity index (χ1n) is 11.5. The number of alkyl halides is 1. The zero-order valence-corrected chi connectivity index (χ0v) is 23.6. The third kappa shape index (κ3) is 5.02. The van der Waals surface area contributed by atoms with Crippen LogP contribution in [0.25, 0.3) is 11.2 Å². The van der Waals surface area contributed by atoms with Crippen molar-refractivity contribution < 1.29 is 18.0 Å². The number of ether oxygens (including phenoxy) is 1. The lowest BCUT2D eigenvalue weighted by Gasteiger charge is -2.40. The number of anilines is 1. The van der Waals surface area contributed by atoms with E-state index in [2.05, 4.69) is 82.7 Å². The highest BCUT2D eigenvalue weighted by Gasteiger charge is 2.52. The van der Waals surface area contributed by atoms with Crippen LogP contribution in [0.2, 0.25) is 36.3 Å². The van der Waals surface area contributed by atoms with Gasteiger partial charge >= 0.3 is 0 Å². The van der Waals surface area contributed by atoms with Gasteiger partial charge in [0.1, 0.15) is 24.1 Å². The molecule has 2 aromatic rings. The van der Waals surface area contributed by atoms with E-state index in [1.807, 2.05) is 0 Å². The topological polar surface area (TPSA) is 97.3 Å². The van der Waals surface area contributed by atoms with Crippen molar-refractivity contribution in [1.29, 1.82) is 0 Å². The maximum absolute atomic E-state index is 16.1. The lowest BCUT2D eigenvalue weighted by atomic mass is 10.1. The van der Waals surface area contributed by atoms with Gasteiger partial charge in [0.05, 0.1) is 12.9 Å². The molecule has 3 rings (SSSR count). The highest BCUT2D eigenvalue weighted by molar-refractivity contribution is 6.74. The molecule has 1 aliphatic heterocycles. The minimum atomic E-state index is -2.28. The third-order valence-corrected chi connectivity index (χ3v) is 16.6. The fourth-order valence-electron chi connectivity index (χ4n) is 3.27. The van der Waals surface area contributed by atoms with E-state index in [0.29, 0.717) is 11.2 Å². The van der Waals surface area contributed by atoms with E-state index in [0.717, 1.165) is 0 Å². The van der Waals surface area contributed by atoms with Gasteiger partial charge < -0.3 is 19.3 Å². The molecule has 4 atom stereocenters. The molecule has 8 nitrogen and oxygen atoms in total. The second kappa shape index (κ2) is 8.67. The van der Waals surface area contributed by atoms with Crippen molar-refractivity contribution >= 4 is 33.6 Å². The lowest BCUT2D eigenvalue weighted by molar-refractivity contribution is -0.0421. The Morgan fingerprint density at radius 1 is 1.03 bits per heavy atom. The van der Waals surface area contributed by atoms with Crippen LogP contribution in [0.15, 0.2) is 12.7 Å². The number of fused-ring (bicyclic) bond motifs is 1. The Labute approximate surface area is 198 Å². The number of halogens is 1. The van der Waals surface area contributed by atoms with E-state index in [9.17, 15) is 0 Å². The zero-order chi connectivity index (χ0) is 25.0. The zero-order valence-electron chi connectivity index (χ0n) is 21.6. The van der Waals surface area contributed by atoms with Crippen molar-refractivity contribution in [2.24, 2.45) is 0 Å². The Hall–Kier alpha value is -1.41. The molecule has 33 heavy (non-hydrogen) atoms. The average Bonchev–Trinajstić information content (AvgIpc) is 3.21. The molecule has 1 aliphatic rings. The molecular formula is C22H40FN5O3Si2. The summed E-state index contributed by atoms with van der Waals surface area (Å²) < 4.78 is 37.0. The Kier molecular flexibility index (Phi) is 6.88. The molecule has 0 unspecified atom stereocenters. The van der Waals surface area contributed by atoms with Gasteiger partial charge in [0.25, 0.3) is 0 Å². The number of aromatic nitrogens is 4. The van der Waals surface area contributed by atoms with Gasteiger partial charge in [0, 0.05) is 0 Å². The summed E-state index contributed by atoms with van der Waals surface area (Å²) in [6, 6.07) is 0. The molecule has 1 fully saturated rings. The third-order valence-electron chi connectivity index (χ3n) is 7.58. The molecule has 2 N–H and O–H groups in total. The summed E-state index contributed by atoms with van der Waals surface area (Å²) in [5, 5.41) is -0.0378. The normalized spacial score (nSPS) is 25.2. The Bertz CT molecular complexity index is 987. The van der Waals surface area contributed by atoms with Crippen LogP contribution in [0.3, 0.4) is 0 Å². The van der Waals surface area contributed by atoms with Gasteiger partial charge in [-0.25, -0.2) is 19.3 Å². The van der Waals surface area contributed by atoms with E-state index >= 15 is 4.39 Å². The minimum absolute atomic E-state index is 0.0326. The van der Waals surface area contributed by atoms with Crippen molar-refractivity contribution in [1.82, 2.24) is 19.5 Å². The molecule has 2 aromatic heterocycles. The van der Waals surface area contributed by atoms with Gasteiger partial charge in [-0.15, -0.1) is 0 Å². The van der Waals surface area contributed by atoms with E-state index in [4.69, 9.17) is 19.3 Å². The summed E-state index contributed by atoms with van der Waals surface area (Å²) in [7, 11) is -4.34. The van der Waals surface area contributed by atoms with E-state index < -0.39 is 41.2 Å². The first-order valence-corrected chi connectivity index (χ1v) is 17.3. The molecular weight excluding hydrogens is 457 g/mol.